The number of para-hydroxylation sites is 2. The largest absolute Gasteiger partial charge is 0.496 e. The monoisotopic (exact) mass is 354 g/mol. The van der Waals surface area contributed by atoms with Crippen molar-refractivity contribution in [2.24, 2.45) is 5.10 Å². The number of rotatable bonds is 7. The lowest BCUT2D eigenvalue weighted by Gasteiger charge is -2.07. The molecule has 1 aromatic heterocycles. The van der Waals surface area contributed by atoms with Crippen molar-refractivity contribution in [2.45, 2.75) is 11.8 Å². The van der Waals surface area contributed by atoms with Crippen LogP contribution in [0.15, 0.2) is 64.9 Å². The van der Waals surface area contributed by atoms with Crippen molar-refractivity contribution >= 4 is 18.0 Å². The molecular weight excluding hydrogens is 336 g/mol. The van der Waals surface area contributed by atoms with Crippen LogP contribution in [0.3, 0.4) is 0 Å². The maximum atomic E-state index is 5.76. The van der Waals surface area contributed by atoms with Crippen molar-refractivity contribution in [1.29, 1.82) is 0 Å². The zero-order valence-corrected chi connectivity index (χ0v) is 14.8. The third-order valence-electron chi connectivity index (χ3n) is 3.42. The molecule has 3 aromatic rings. The number of benzene rings is 2. The van der Waals surface area contributed by atoms with E-state index in [2.05, 4.69) is 15.3 Å². The lowest BCUT2D eigenvalue weighted by molar-refractivity contribution is 0.290. The number of hydrogen-bond donors (Lipinski definition) is 0. The summed E-state index contributed by atoms with van der Waals surface area (Å²) in [6, 6.07) is 17.3. The second-order valence-electron chi connectivity index (χ2n) is 5.00. The van der Waals surface area contributed by atoms with Crippen LogP contribution in [-0.4, -0.2) is 34.5 Å². The molecule has 0 spiro atoms. The van der Waals surface area contributed by atoms with E-state index in [4.69, 9.17) is 9.47 Å². The minimum Gasteiger partial charge on any atom is -0.496 e. The first-order chi connectivity index (χ1) is 12.3. The van der Waals surface area contributed by atoms with Gasteiger partial charge in [0.1, 0.15) is 18.1 Å². The fourth-order valence-corrected chi connectivity index (χ4v) is 2.63. The number of methoxy groups -OCH3 is 1. The Morgan fingerprint density at radius 3 is 2.60 bits per heavy atom. The zero-order valence-electron chi connectivity index (χ0n) is 14.0. The van der Waals surface area contributed by atoms with Crippen molar-refractivity contribution < 1.29 is 9.47 Å². The lowest BCUT2D eigenvalue weighted by atomic mass is 10.2. The first-order valence-electron chi connectivity index (χ1n) is 7.65. The van der Waals surface area contributed by atoms with E-state index < -0.39 is 0 Å². The van der Waals surface area contributed by atoms with Crippen LogP contribution in [0.2, 0.25) is 0 Å². The molecule has 6 nitrogen and oxygen atoms in total. The number of aromatic nitrogens is 3. The molecule has 1 heterocycles. The van der Waals surface area contributed by atoms with Crippen molar-refractivity contribution in [1.82, 2.24) is 14.9 Å². The number of thioether (sulfide) groups is 1. The van der Waals surface area contributed by atoms with Crippen molar-refractivity contribution in [3.05, 3.63) is 66.0 Å². The predicted octanol–water partition coefficient (Wildman–Crippen LogP) is 3.47. The SMILES string of the molecule is COc1ccccc1/C=N\n1c(COc2ccccc2)nnc1SC. The van der Waals surface area contributed by atoms with Crippen LogP contribution in [0.4, 0.5) is 0 Å². The predicted molar refractivity (Wildman–Crippen MR) is 98.6 cm³/mol. The van der Waals surface area contributed by atoms with E-state index in [1.54, 1.807) is 18.0 Å². The van der Waals surface area contributed by atoms with E-state index in [0.29, 0.717) is 11.0 Å². The summed E-state index contributed by atoms with van der Waals surface area (Å²) in [5, 5.41) is 13.5. The van der Waals surface area contributed by atoms with E-state index in [0.717, 1.165) is 17.1 Å². The van der Waals surface area contributed by atoms with Gasteiger partial charge >= 0.3 is 0 Å². The molecule has 0 aliphatic heterocycles. The maximum Gasteiger partial charge on any atom is 0.211 e. The molecule has 0 fully saturated rings. The van der Waals surface area contributed by atoms with Gasteiger partial charge in [0.15, 0.2) is 5.82 Å². The van der Waals surface area contributed by atoms with E-state index in [1.165, 1.54) is 11.8 Å². The molecule has 2 aromatic carbocycles. The fraction of sp³-hybridized carbons (Fsp3) is 0.167. The van der Waals surface area contributed by atoms with E-state index >= 15 is 0 Å². The highest BCUT2D eigenvalue weighted by Crippen LogP contribution is 2.18. The highest BCUT2D eigenvalue weighted by atomic mass is 32.2. The Morgan fingerprint density at radius 1 is 1.08 bits per heavy atom. The summed E-state index contributed by atoms with van der Waals surface area (Å²) in [5.41, 5.74) is 0.876. The summed E-state index contributed by atoms with van der Waals surface area (Å²) >= 11 is 1.47. The van der Waals surface area contributed by atoms with Gasteiger partial charge in [0.25, 0.3) is 0 Å². The zero-order chi connectivity index (χ0) is 17.5. The maximum absolute atomic E-state index is 5.76. The fourth-order valence-electron chi connectivity index (χ4n) is 2.19. The van der Waals surface area contributed by atoms with Gasteiger partial charge < -0.3 is 9.47 Å². The van der Waals surface area contributed by atoms with Crippen LogP contribution < -0.4 is 9.47 Å². The number of ether oxygens (including phenoxy) is 2. The van der Waals surface area contributed by atoms with Crippen LogP contribution in [0, 0.1) is 0 Å². The summed E-state index contributed by atoms with van der Waals surface area (Å²) < 4.78 is 12.8. The molecular formula is C18H18N4O2S. The molecule has 128 valence electrons. The van der Waals surface area contributed by atoms with Gasteiger partial charge in [-0.15, -0.1) is 10.2 Å². The summed E-state index contributed by atoms with van der Waals surface area (Å²) in [6.45, 7) is 0.279. The molecule has 25 heavy (non-hydrogen) atoms. The smallest absolute Gasteiger partial charge is 0.211 e. The van der Waals surface area contributed by atoms with Crippen molar-refractivity contribution in [2.75, 3.05) is 13.4 Å². The third-order valence-corrected chi connectivity index (χ3v) is 4.04. The minimum atomic E-state index is 0.279. The Balaban J connectivity index is 1.82. The average molecular weight is 354 g/mol. The summed E-state index contributed by atoms with van der Waals surface area (Å²) in [4.78, 5) is 0. The van der Waals surface area contributed by atoms with Crippen LogP contribution >= 0.6 is 11.8 Å². The normalized spacial score (nSPS) is 11.0. The second-order valence-corrected chi connectivity index (χ2v) is 5.78. The molecule has 0 aliphatic rings. The minimum absolute atomic E-state index is 0.279. The van der Waals surface area contributed by atoms with Crippen LogP contribution in [0.1, 0.15) is 11.4 Å². The summed E-state index contributed by atoms with van der Waals surface area (Å²) in [5.74, 6) is 2.16. The summed E-state index contributed by atoms with van der Waals surface area (Å²) in [6.07, 6.45) is 3.66. The highest BCUT2D eigenvalue weighted by Gasteiger charge is 2.11. The van der Waals surface area contributed by atoms with E-state index in [-0.39, 0.29) is 6.61 Å². The first-order valence-corrected chi connectivity index (χ1v) is 8.88. The standard InChI is InChI=1S/C18H18N4O2S/c1-23-16-11-7-6-8-14(16)12-19-22-17(20-21-18(22)25-2)13-24-15-9-4-3-5-10-15/h3-12H,13H2,1-2H3/b19-12-. The Kier molecular flexibility index (Phi) is 5.69. The second kappa shape index (κ2) is 8.34. The van der Waals surface area contributed by atoms with Gasteiger partial charge in [0, 0.05) is 5.56 Å². The van der Waals surface area contributed by atoms with Gasteiger partial charge in [-0.1, -0.05) is 42.1 Å². The van der Waals surface area contributed by atoms with E-state index in [9.17, 15) is 0 Å². The molecule has 7 heteroatoms. The Bertz CT molecular complexity index is 849. The first kappa shape index (κ1) is 17.0. The molecule has 0 unspecified atom stereocenters. The molecule has 0 radical (unpaired) electrons. The quantitative estimate of drug-likeness (QED) is 0.480. The van der Waals surface area contributed by atoms with Crippen molar-refractivity contribution in [3.63, 3.8) is 0 Å². The van der Waals surface area contributed by atoms with Gasteiger partial charge in [0.2, 0.25) is 5.16 Å². The summed E-state index contributed by atoms with van der Waals surface area (Å²) in [7, 11) is 1.64. The average Bonchev–Trinajstić information content (AvgIpc) is 3.07. The number of hydrogen-bond acceptors (Lipinski definition) is 6. The Hall–Kier alpha value is -2.80. The molecule has 0 saturated carbocycles. The molecule has 0 N–H and O–H groups in total. The van der Waals surface area contributed by atoms with E-state index in [1.807, 2.05) is 60.9 Å². The van der Waals surface area contributed by atoms with Crippen molar-refractivity contribution in [3.8, 4) is 11.5 Å². The van der Waals surface area contributed by atoms with Crippen LogP contribution in [0.5, 0.6) is 11.5 Å². The van der Waals surface area contributed by atoms with Gasteiger partial charge in [-0.3, -0.25) is 0 Å². The highest BCUT2D eigenvalue weighted by molar-refractivity contribution is 7.98. The van der Waals surface area contributed by atoms with Gasteiger partial charge in [0.05, 0.1) is 13.3 Å². The number of nitrogens with zero attached hydrogens (tertiary/aromatic N) is 4. The molecule has 3 rings (SSSR count). The Morgan fingerprint density at radius 2 is 1.84 bits per heavy atom. The molecule has 0 saturated heterocycles. The molecule has 0 amide bonds. The molecule has 0 atom stereocenters. The van der Waals surface area contributed by atoms with Crippen LogP contribution in [-0.2, 0) is 6.61 Å². The van der Waals surface area contributed by atoms with Gasteiger partial charge in [-0.2, -0.15) is 9.78 Å². The topological polar surface area (TPSA) is 61.5 Å². The van der Waals surface area contributed by atoms with Gasteiger partial charge in [-0.05, 0) is 30.5 Å². The Labute approximate surface area is 150 Å². The van der Waals surface area contributed by atoms with Crippen LogP contribution in [0.25, 0.3) is 0 Å². The van der Waals surface area contributed by atoms with Gasteiger partial charge in [-0.25, -0.2) is 0 Å². The third kappa shape index (κ3) is 4.19. The molecule has 0 aliphatic carbocycles. The molecule has 0 bridgehead atoms. The lowest BCUT2D eigenvalue weighted by Crippen LogP contribution is -2.05.